The molecule has 0 fully saturated rings. The van der Waals surface area contributed by atoms with Gasteiger partial charge in [-0.05, 0) is 35.7 Å². The summed E-state index contributed by atoms with van der Waals surface area (Å²) < 4.78 is 1.85. The molecule has 0 aliphatic rings. The molecule has 0 saturated heterocycles. The number of aromatic hydroxyl groups is 1. The molecule has 0 aliphatic carbocycles. The minimum Gasteiger partial charge on any atom is -0.508 e. The van der Waals surface area contributed by atoms with Gasteiger partial charge >= 0.3 is 11.9 Å². The van der Waals surface area contributed by atoms with Crippen LogP contribution in [0.2, 0.25) is 0 Å². The van der Waals surface area contributed by atoms with Crippen LogP contribution in [0.25, 0.3) is 10.9 Å². The van der Waals surface area contributed by atoms with Crippen molar-refractivity contribution in [2.75, 3.05) is 0 Å². The highest BCUT2D eigenvalue weighted by Gasteiger charge is 2.22. The standard InChI is InChI=1S/C20H19NO5/c1-2-17-16(10-18(23)24)14-7-4-8-15(20(25)26)19(14)21(17)11-12-5-3-6-13(22)9-12/h3-9,22H,2,10-11H2,1H3,(H,23,24)(H,25,26). The van der Waals surface area contributed by atoms with E-state index in [9.17, 15) is 24.9 Å². The summed E-state index contributed by atoms with van der Waals surface area (Å²) in [6.45, 7) is 2.26. The van der Waals surface area contributed by atoms with Crippen LogP contribution in [0.5, 0.6) is 5.75 Å². The molecule has 2 aromatic carbocycles. The number of hydrogen-bond acceptors (Lipinski definition) is 3. The SMILES string of the molecule is CCc1c(CC(=O)O)c2cccc(C(=O)O)c2n1Cc1cccc(O)c1. The second kappa shape index (κ2) is 6.92. The Labute approximate surface area is 149 Å². The summed E-state index contributed by atoms with van der Waals surface area (Å²) in [5, 5.41) is 29.3. The Morgan fingerprint density at radius 1 is 1.08 bits per heavy atom. The van der Waals surface area contributed by atoms with Crippen LogP contribution in [0.3, 0.4) is 0 Å². The Hall–Kier alpha value is -3.28. The molecule has 0 bridgehead atoms. The number of aliphatic carboxylic acids is 1. The number of fused-ring (bicyclic) bond motifs is 1. The predicted molar refractivity (Wildman–Crippen MR) is 96.8 cm³/mol. The fourth-order valence-electron chi connectivity index (χ4n) is 3.47. The molecule has 1 heterocycles. The van der Waals surface area contributed by atoms with E-state index < -0.39 is 11.9 Å². The zero-order valence-corrected chi connectivity index (χ0v) is 14.3. The van der Waals surface area contributed by atoms with Crippen LogP contribution in [0.1, 0.15) is 34.1 Å². The second-order valence-corrected chi connectivity index (χ2v) is 6.11. The predicted octanol–water partition coefficient (Wildman–Crippen LogP) is 3.28. The molecule has 0 unspecified atom stereocenters. The van der Waals surface area contributed by atoms with E-state index in [1.54, 1.807) is 30.3 Å². The van der Waals surface area contributed by atoms with Crippen molar-refractivity contribution in [2.24, 2.45) is 0 Å². The third-order valence-corrected chi connectivity index (χ3v) is 4.45. The smallest absolute Gasteiger partial charge is 0.337 e. The summed E-state index contributed by atoms with van der Waals surface area (Å²) in [5.41, 5.74) is 2.88. The van der Waals surface area contributed by atoms with Crippen LogP contribution >= 0.6 is 0 Å². The summed E-state index contributed by atoms with van der Waals surface area (Å²) in [7, 11) is 0. The quantitative estimate of drug-likeness (QED) is 0.631. The first-order valence-corrected chi connectivity index (χ1v) is 8.28. The zero-order valence-electron chi connectivity index (χ0n) is 14.3. The van der Waals surface area contributed by atoms with Gasteiger partial charge in [0.1, 0.15) is 5.75 Å². The zero-order chi connectivity index (χ0) is 18.8. The van der Waals surface area contributed by atoms with Gasteiger partial charge in [0.05, 0.1) is 17.5 Å². The first-order chi connectivity index (χ1) is 12.4. The summed E-state index contributed by atoms with van der Waals surface area (Å²) in [5.74, 6) is -1.90. The summed E-state index contributed by atoms with van der Waals surface area (Å²) >= 11 is 0. The van der Waals surface area contributed by atoms with E-state index in [-0.39, 0.29) is 17.7 Å². The number of benzene rings is 2. The number of carboxylic acid groups (broad SMARTS) is 2. The molecule has 6 heteroatoms. The van der Waals surface area contributed by atoms with Crippen molar-refractivity contribution in [3.05, 3.63) is 64.8 Å². The first-order valence-electron chi connectivity index (χ1n) is 8.28. The Balaban J connectivity index is 2.31. The fraction of sp³-hybridized carbons (Fsp3) is 0.200. The topological polar surface area (TPSA) is 99.8 Å². The minimum atomic E-state index is -1.06. The van der Waals surface area contributed by atoms with E-state index >= 15 is 0 Å². The van der Waals surface area contributed by atoms with Gasteiger partial charge in [-0.3, -0.25) is 4.79 Å². The Kier molecular flexibility index (Phi) is 4.67. The van der Waals surface area contributed by atoms with Crippen molar-refractivity contribution in [3.63, 3.8) is 0 Å². The third kappa shape index (κ3) is 3.13. The van der Waals surface area contributed by atoms with Crippen molar-refractivity contribution in [2.45, 2.75) is 26.3 Å². The van der Waals surface area contributed by atoms with Crippen molar-refractivity contribution in [1.29, 1.82) is 0 Å². The van der Waals surface area contributed by atoms with Gasteiger partial charge in [-0.25, -0.2) is 4.79 Å². The highest BCUT2D eigenvalue weighted by atomic mass is 16.4. The van der Waals surface area contributed by atoms with Crippen LogP contribution in [0.4, 0.5) is 0 Å². The lowest BCUT2D eigenvalue weighted by Crippen LogP contribution is -2.09. The number of phenols is 1. The number of phenolic OH excluding ortho intramolecular Hbond substituents is 1. The average molecular weight is 353 g/mol. The number of hydrogen-bond donors (Lipinski definition) is 3. The maximum Gasteiger partial charge on any atom is 0.337 e. The highest BCUT2D eigenvalue weighted by molar-refractivity contribution is 6.04. The molecule has 134 valence electrons. The van der Waals surface area contributed by atoms with Crippen LogP contribution in [0.15, 0.2) is 42.5 Å². The lowest BCUT2D eigenvalue weighted by atomic mass is 10.0. The van der Waals surface area contributed by atoms with Crippen LogP contribution in [-0.4, -0.2) is 31.8 Å². The van der Waals surface area contributed by atoms with E-state index in [1.807, 2.05) is 17.6 Å². The number of carboxylic acids is 2. The van der Waals surface area contributed by atoms with Gasteiger partial charge in [-0.2, -0.15) is 0 Å². The van der Waals surface area contributed by atoms with Gasteiger partial charge in [0.25, 0.3) is 0 Å². The number of aromatic carboxylic acids is 1. The molecule has 1 aromatic heterocycles. The fourth-order valence-corrected chi connectivity index (χ4v) is 3.47. The normalized spacial score (nSPS) is 11.0. The Morgan fingerprint density at radius 2 is 1.81 bits per heavy atom. The minimum absolute atomic E-state index is 0.126. The number of nitrogens with zero attached hydrogens (tertiary/aromatic N) is 1. The van der Waals surface area contributed by atoms with E-state index in [1.165, 1.54) is 6.07 Å². The van der Waals surface area contributed by atoms with Crippen LogP contribution in [0, 0.1) is 0 Å². The molecule has 0 amide bonds. The molecule has 3 N–H and O–H groups in total. The number of carbonyl (C=O) groups is 2. The monoisotopic (exact) mass is 353 g/mol. The van der Waals surface area contributed by atoms with Gasteiger partial charge < -0.3 is 19.9 Å². The molecule has 0 saturated carbocycles. The average Bonchev–Trinajstić information content (AvgIpc) is 2.87. The lowest BCUT2D eigenvalue weighted by molar-refractivity contribution is -0.136. The van der Waals surface area contributed by atoms with Gasteiger partial charge in [-0.1, -0.05) is 31.2 Å². The van der Waals surface area contributed by atoms with Crippen molar-refractivity contribution in [3.8, 4) is 5.75 Å². The van der Waals surface area contributed by atoms with Crippen LogP contribution < -0.4 is 0 Å². The van der Waals surface area contributed by atoms with Crippen molar-refractivity contribution in [1.82, 2.24) is 4.57 Å². The van der Waals surface area contributed by atoms with Gasteiger partial charge in [0.15, 0.2) is 0 Å². The largest absolute Gasteiger partial charge is 0.508 e. The van der Waals surface area contributed by atoms with E-state index in [0.717, 1.165) is 11.3 Å². The van der Waals surface area contributed by atoms with Gasteiger partial charge in [-0.15, -0.1) is 0 Å². The second-order valence-electron chi connectivity index (χ2n) is 6.11. The van der Waals surface area contributed by atoms with Crippen molar-refractivity contribution < 1.29 is 24.9 Å². The summed E-state index contributed by atoms with van der Waals surface area (Å²) in [6.07, 6.45) is 0.394. The molecule has 3 rings (SSSR count). The third-order valence-electron chi connectivity index (χ3n) is 4.45. The van der Waals surface area contributed by atoms with Crippen molar-refractivity contribution >= 4 is 22.8 Å². The first kappa shape index (κ1) is 17.5. The van der Waals surface area contributed by atoms with E-state index in [2.05, 4.69) is 0 Å². The van der Waals surface area contributed by atoms with Gasteiger partial charge in [0, 0.05) is 17.6 Å². The molecule has 0 radical (unpaired) electrons. The lowest BCUT2D eigenvalue weighted by Gasteiger charge is -2.12. The van der Waals surface area contributed by atoms with E-state index in [0.29, 0.717) is 29.4 Å². The molecule has 26 heavy (non-hydrogen) atoms. The molecule has 3 aromatic rings. The summed E-state index contributed by atoms with van der Waals surface area (Å²) in [4.78, 5) is 23.1. The Bertz CT molecular complexity index is 1000. The molecule has 0 aliphatic heterocycles. The highest BCUT2D eigenvalue weighted by Crippen LogP contribution is 2.31. The maximum absolute atomic E-state index is 11.7. The Morgan fingerprint density at radius 3 is 2.42 bits per heavy atom. The molecular formula is C20H19NO5. The number of aromatic nitrogens is 1. The molecule has 0 atom stereocenters. The molecular weight excluding hydrogens is 334 g/mol. The van der Waals surface area contributed by atoms with Gasteiger partial charge in [0.2, 0.25) is 0 Å². The molecule has 6 nitrogen and oxygen atoms in total. The number of rotatable bonds is 6. The summed E-state index contributed by atoms with van der Waals surface area (Å²) in [6, 6.07) is 11.7. The molecule has 0 spiro atoms. The van der Waals surface area contributed by atoms with E-state index in [4.69, 9.17) is 0 Å². The van der Waals surface area contributed by atoms with Crippen LogP contribution in [-0.2, 0) is 24.2 Å². The maximum atomic E-state index is 11.7. The number of para-hydroxylation sites is 1.